The molecule has 0 aliphatic carbocycles. The Labute approximate surface area is 104 Å². The van der Waals surface area contributed by atoms with Gasteiger partial charge < -0.3 is 15.2 Å². The fourth-order valence-corrected chi connectivity index (χ4v) is 1.24. The molecule has 1 atom stereocenters. The molecule has 1 rings (SSSR count). The van der Waals surface area contributed by atoms with E-state index in [4.69, 9.17) is 4.74 Å². The van der Waals surface area contributed by atoms with E-state index in [0.717, 1.165) is 0 Å². The first-order chi connectivity index (χ1) is 8.44. The molecule has 0 radical (unpaired) electrons. The molecule has 18 heavy (non-hydrogen) atoms. The second-order valence-electron chi connectivity index (χ2n) is 4.23. The van der Waals surface area contributed by atoms with Crippen molar-refractivity contribution in [3.63, 3.8) is 0 Å². The zero-order valence-electron chi connectivity index (χ0n) is 10.4. The molecular formula is C11H17N3O4. The summed E-state index contributed by atoms with van der Waals surface area (Å²) in [6.07, 6.45) is 0.406. The molecule has 0 fully saturated rings. The highest BCUT2D eigenvalue weighted by Crippen LogP contribution is 2.07. The first-order valence-corrected chi connectivity index (χ1v) is 5.50. The molecular weight excluding hydrogens is 238 g/mol. The number of aromatic nitrogens is 2. The highest BCUT2D eigenvalue weighted by Gasteiger charge is 2.21. The van der Waals surface area contributed by atoms with Crippen LogP contribution in [0.4, 0.5) is 0 Å². The minimum absolute atomic E-state index is 0.0794. The van der Waals surface area contributed by atoms with Gasteiger partial charge in [0.2, 0.25) is 0 Å². The lowest BCUT2D eigenvalue weighted by Gasteiger charge is -2.22. The first-order valence-electron chi connectivity index (χ1n) is 5.50. The predicted molar refractivity (Wildman–Crippen MR) is 64.3 cm³/mol. The van der Waals surface area contributed by atoms with Crippen molar-refractivity contribution in [3.05, 3.63) is 28.2 Å². The largest absolute Gasteiger partial charge is 0.388 e. The molecule has 0 bridgehead atoms. The van der Waals surface area contributed by atoms with Crippen LogP contribution in [-0.2, 0) is 4.74 Å². The summed E-state index contributed by atoms with van der Waals surface area (Å²) in [5, 5.41) is 18.2. The molecule has 100 valence electrons. The van der Waals surface area contributed by atoms with E-state index < -0.39 is 11.5 Å². The van der Waals surface area contributed by atoms with Crippen LogP contribution in [0.3, 0.4) is 0 Å². The number of aromatic amines is 1. The Kier molecular flexibility index (Phi) is 4.99. The normalized spacial score (nSPS) is 13.9. The third-order valence-corrected chi connectivity index (χ3v) is 2.39. The number of carbonyl (C=O) groups is 1. The van der Waals surface area contributed by atoms with E-state index in [1.807, 2.05) is 0 Å². The summed E-state index contributed by atoms with van der Waals surface area (Å²) in [5.74, 6) is -0.455. The van der Waals surface area contributed by atoms with Gasteiger partial charge in [0.05, 0.1) is 5.60 Å². The molecule has 0 aromatic carbocycles. The molecule has 7 heteroatoms. The van der Waals surface area contributed by atoms with Crippen LogP contribution in [0, 0.1) is 0 Å². The number of hydrogen-bond acceptors (Lipinski definition) is 5. The minimum atomic E-state index is -1.05. The Hall–Kier alpha value is -1.73. The number of ether oxygens (including phenoxy) is 1. The van der Waals surface area contributed by atoms with Gasteiger partial charge in [-0.1, -0.05) is 0 Å². The second-order valence-corrected chi connectivity index (χ2v) is 4.23. The summed E-state index contributed by atoms with van der Waals surface area (Å²) in [5.41, 5.74) is -1.33. The topological polar surface area (TPSA) is 104 Å². The molecule has 7 nitrogen and oxygen atoms in total. The summed E-state index contributed by atoms with van der Waals surface area (Å²) in [7, 11) is 1.54. The quantitative estimate of drug-likeness (QED) is 0.622. The van der Waals surface area contributed by atoms with E-state index in [-0.39, 0.29) is 17.8 Å². The van der Waals surface area contributed by atoms with Crippen LogP contribution in [0.1, 0.15) is 23.8 Å². The fraction of sp³-hybridized carbons (Fsp3) is 0.545. The van der Waals surface area contributed by atoms with Crippen LogP contribution < -0.4 is 10.9 Å². The Morgan fingerprint density at radius 1 is 1.61 bits per heavy atom. The van der Waals surface area contributed by atoms with Gasteiger partial charge in [-0.05, 0) is 13.0 Å². The predicted octanol–water partition coefficient (Wildman–Crippen LogP) is -0.713. The van der Waals surface area contributed by atoms with Gasteiger partial charge in [0.1, 0.15) is 5.69 Å². The van der Waals surface area contributed by atoms with E-state index in [1.165, 1.54) is 12.1 Å². The number of nitrogens with zero attached hydrogens (tertiary/aromatic N) is 1. The lowest BCUT2D eigenvalue weighted by molar-refractivity contribution is 0.0243. The maximum absolute atomic E-state index is 11.6. The SMILES string of the molecule is COCCC(C)(O)CNC(=O)c1ccc(=O)[nH]n1. The number of hydrogen-bond donors (Lipinski definition) is 3. The summed E-state index contributed by atoms with van der Waals surface area (Å²) >= 11 is 0. The molecule has 1 heterocycles. The third-order valence-electron chi connectivity index (χ3n) is 2.39. The van der Waals surface area contributed by atoms with Crippen LogP contribution in [-0.4, -0.2) is 47.1 Å². The van der Waals surface area contributed by atoms with Gasteiger partial charge in [0.25, 0.3) is 11.5 Å². The smallest absolute Gasteiger partial charge is 0.271 e. The molecule has 3 N–H and O–H groups in total. The minimum Gasteiger partial charge on any atom is -0.388 e. The standard InChI is InChI=1S/C11H17N3O4/c1-11(17,5-6-18-2)7-12-10(16)8-3-4-9(15)14-13-8/h3-4,17H,5-7H2,1-2H3,(H,12,16)(H,14,15). The lowest BCUT2D eigenvalue weighted by atomic mass is 10.0. The summed E-state index contributed by atoms with van der Waals surface area (Å²) < 4.78 is 4.86. The van der Waals surface area contributed by atoms with Crippen molar-refractivity contribution in [3.8, 4) is 0 Å². The Morgan fingerprint density at radius 3 is 2.89 bits per heavy atom. The monoisotopic (exact) mass is 255 g/mol. The molecule has 1 aromatic heterocycles. The van der Waals surface area contributed by atoms with E-state index >= 15 is 0 Å². The highest BCUT2D eigenvalue weighted by atomic mass is 16.5. The highest BCUT2D eigenvalue weighted by molar-refractivity contribution is 5.91. The van der Waals surface area contributed by atoms with Crippen LogP contribution in [0.2, 0.25) is 0 Å². The number of rotatable bonds is 6. The molecule has 0 saturated heterocycles. The van der Waals surface area contributed by atoms with Gasteiger partial charge in [-0.25, -0.2) is 5.10 Å². The van der Waals surface area contributed by atoms with Gasteiger partial charge in [0.15, 0.2) is 0 Å². The summed E-state index contributed by atoms with van der Waals surface area (Å²) in [6.45, 7) is 2.09. The average molecular weight is 255 g/mol. The summed E-state index contributed by atoms with van der Waals surface area (Å²) in [6, 6.07) is 2.53. The third kappa shape index (κ3) is 4.64. The van der Waals surface area contributed by atoms with E-state index in [0.29, 0.717) is 13.0 Å². The first kappa shape index (κ1) is 14.3. The zero-order chi connectivity index (χ0) is 13.6. The van der Waals surface area contributed by atoms with Gasteiger partial charge in [0, 0.05) is 32.7 Å². The van der Waals surface area contributed by atoms with Crippen molar-refractivity contribution in [1.29, 1.82) is 0 Å². The number of carbonyl (C=O) groups excluding carboxylic acids is 1. The number of H-pyrrole nitrogens is 1. The van der Waals surface area contributed by atoms with Crippen molar-refractivity contribution >= 4 is 5.91 Å². The molecule has 0 aliphatic heterocycles. The molecule has 0 aliphatic rings. The maximum atomic E-state index is 11.6. The van der Waals surface area contributed by atoms with Gasteiger partial charge in [-0.3, -0.25) is 9.59 Å². The summed E-state index contributed by atoms with van der Waals surface area (Å²) in [4.78, 5) is 22.4. The van der Waals surface area contributed by atoms with Crippen LogP contribution >= 0.6 is 0 Å². The van der Waals surface area contributed by atoms with Gasteiger partial charge in [-0.2, -0.15) is 5.10 Å². The number of methoxy groups -OCH3 is 1. The Morgan fingerprint density at radius 2 is 2.33 bits per heavy atom. The average Bonchev–Trinajstić information content (AvgIpc) is 2.35. The molecule has 1 amide bonds. The van der Waals surface area contributed by atoms with Gasteiger partial charge in [-0.15, -0.1) is 0 Å². The van der Waals surface area contributed by atoms with Crippen molar-refractivity contribution in [2.45, 2.75) is 18.9 Å². The maximum Gasteiger partial charge on any atom is 0.271 e. The molecule has 0 saturated carbocycles. The zero-order valence-corrected chi connectivity index (χ0v) is 10.4. The Bertz CT molecular complexity index is 435. The molecule has 1 unspecified atom stereocenters. The van der Waals surface area contributed by atoms with E-state index in [9.17, 15) is 14.7 Å². The van der Waals surface area contributed by atoms with E-state index in [2.05, 4.69) is 15.5 Å². The molecule has 1 aromatic rings. The van der Waals surface area contributed by atoms with Crippen LogP contribution in [0.25, 0.3) is 0 Å². The van der Waals surface area contributed by atoms with Crippen LogP contribution in [0.15, 0.2) is 16.9 Å². The van der Waals surface area contributed by atoms with Crippen molar-refractivity contribution in [1.82, 2.24) is 15.5 Å². The van der Waals surface area contributed by atoms with Gasteiger partial charge >= 0.3 is 0 Å². The molecule has 0 spiro atoms. The Balaban J connectivity index is 2.50. The van der Waals surface area contributed by atoms with Crippen molar-refractivity contribution < 1.29 is 14.6 Å². The van der Waals surface area contributed by atoms with Crippen molar-refractivity contribution in [2.24, 2.45) is 0 Å². The second kappa shape index (κ2) is 6.27. The van der Waals surface area contributed by atoms with E-state index in [1.54, 1.807) is 14.0 Å². The van der Waals surface area contributed by atoms with Crippen molar-refractivity contribution in [2.75, 3.05) is 20.3 Å². The fourth-order valence-electron chi connectivity index (χ4n) is 1.24. The number of aliphatic hydroxyl groups is 1. The number of amides is 1. The lowest BCUT2D eigenvalue weighted by Crippen LogP contribution is -2.41. The number of nitrogens with one attached hydrogen (secondary N) is 2. The van der Waals surface area contributed by atoms with Crippen LogP contribution in [0.5, 0.6) is 0 Å².